The number of ether oxygens (including phenoxy) is 1. The average Bonchev–Trinajstić information content (AvgIpc) is 3.20. The van der Waals surface area contributed by atoms with Gasteiger partial charge in [0.05, 0.1) is 12.8 Å². The zero-order valence-electron chi connectivity index (χ0n) is 17.4. The predicted molar refractivity (Wildman–Crippen MR) is 130 cm³/mol. The molecule has 30 heavy (non-hydrogen) atoms. The third-order valence-electron chi connectivity index (χ3n) is 5.09. The van der Waals surface area contributed by atoms with Crippen molar-refractivity contribution >= 4 is 41.3 Å². The van der Waals surface area contributed by atoms with Gasteiger partial charge in [0.25, 0.3) is 0 Å². The van der Waals surface area contributed by atoms with Crippen molar-refractivity contribution in [3.05, 3.63) is 54.5 Å². The first kappa shape index (κ1) is 22.1. The highest BCUT2D eigenvalue weighted by atomic mass is 127. The number of benzene rings is 1. The van der Waals surface area contributed by atoms with Crippen LogP contribution >= 0.6 is 24.0 Å². The molecule has 1 saturated heterocycles. The highest BCUT2D eigenvalue weighted by Crippen LogP contribution is 2.28. The van der Waals surface area contributed by atoms with Crippen LogP contribution in [0.4, 0.5) is 5.69 Å². The van der Waals surface area contributed by atoms with Crippen molar-refractivity contribution in [2.75, 3.05) is 44.7 Å². The van der Waals surface area contributed by atoms with Gasteiger partial charge in [0.2, 0.25) is 0 Å². The van der Waals surface area contributed by atoms with Crippen LogP contribution in [0.5, 0.6) is 5.75 Å². The number of hydrogen-bond donors (Lipinski definition) is 1. The molecule has 0 amide bonds. The van der Waals surface area contributed by atoms with E-state index in [4.69, 9.17) is 9.73 Å². The van der Waals surface area contributed by atoms with Crippen molar-refractivity contribution in [3.8, 4) is 5.75 Å². The molecular formula is C21H28IN7O. The molecule has 0 spiro atoms. The number of rotatable bonds is 5. The lowest BCUT2D eigenvalue weighted by atomic mass is 10.2. The van der Waals surface area contributed by atoms with Crippen LogP contribution in [-0.2, 0) is 6.54 Å². The third kappa shape index (κ3) is 4.77. The van der Waals surface area contributed by atoms with Crippen LogP contribution in [0.25, 0.3) is 5.65 Å². The maximum Gasteiger partial charge on any atom is 0.194 e. The molecule has 2 aromatic heterocycles. The van der Waals surface area contributed by atoms with Crippen molar-refractivity contribution in [3.63, 3.8) is 0 Å². The lowest BCUT2D eigenvalue weighted by molar-refractivity contribution is 0.367. The molecule has 1 aromatic carbocycles. The second-order valence-electron chi connectivity index (χ2n) is 6.86. The minimum absolute atomic E-state index is 0. The predicted octanol–water partition coefficient (Wildman–Crippen LogP) is 2.64. The van der Waals surface area contributed by atoms with E-state index in [0.29, 0.717) is 6.54 Å². The van der Waals surface area contributed by atoms with Gasteiger partial charge in [0, 0.05) is 38.9 Å². The highest BCUT2D eigenvalue weighted by Gasteiger charge is 2.21. The first-order chi connectivity index (χ1) is 14.3. The number of methoxy groups -OCH3 is 1. The molecule has 1 aliphatic rings. The molecule has 3 aromatic rings. The van der Waals surface area contributed by atoms with Gasteiger partial charge in [0.15, 0.2) is 17.4 Å². The molecule has 0 saturated carbocycles. The number of halogens is 1. The second-order valence-corrected chi connectivity index (χ2v) is 6.86. The molecule has 1 fully saturated rings. The van der Waals surface area contributed by atoms with Crippen molar-refractivity contribution in [2.45, 2.75) is 13.5 Å². The minimum Gasteiger partial charge on any atom is -0.495 e. The molecule has 0 radical (unpaired) electrons. The fourth-order valence-corrected chi connectivity index (χ4v) is 3.62. The van der Waals surface area contributed by atoms with Gasteiger partial charge >= 0.3 is 0 Å². The van der Waals surface area contributed by atoms with Crippen LogP contribution in [0.3, 0.4) is 0 Å². The Morgan fingerprint density at radius 3 is 2.60 bits per heavy atom. The number of nitrogens with one attached hydrogen (secondary N) is 1. The Labute approximate surface area is 194 Å². The van der Waals surface area contributed by atoms with Gasteiger partial charge in [0.1, 0.15) is 12.3 Å². The van der Waals surface area contributed by atoms with Crippen LogP contribution < -0.4 is 15.0 Å². The van der Waals surface area contributed by atoms with Gasteiger partial charge in [-0.05, 0) is 31.2 Å². The first-order valence-corrected chi connectivity index (χ1v) is 10.00. The molecule has 9 heteroatoms. The van der Waals surface area contributed by atoms with E-state index in [0.717, 1.165) is 61.6 Å². The lowest BCUT2D eigenvalue weighted by Gasteiger charge is -2.38. The van der Waals surface area contributed by atoms with Crippen molar-refractivity contribution in [1.29, 1.82) is 0 Å². The molecule has 1 aliphatic heterocycles. The summed E-state index contributed by atoms with van der Waals surface area (Å²) in [5, 5.41) is 11.9. The quantitative estimate of drug-likeness (QED) is 0.317. The van der Waals surface area contributed by atoms with Gasteiger partial charge in [-0.2, -0.15) is 0 Å². The van der Waals surface area contributed by atoms with Gasteiger partial charge in [-0.15, -0.1) is 34.2 Å². The zero-order valence-corrected chi connectivity index (χ0v) is 19.7. The maximum absolute atomic E-state index is 5.52. The molecule has 4 rings (SSSR count). The Hall–Kier alpha value is -2.56. The fourth-order valence-electron chi connectivity index (χ4n) is 3.62. The van der Waals surface area contributed by atoms with E-state index in [1.54, 1.807) is 7.11 Å². The van der Waals surface area contributed by atoms with Crippen molar-refractivity contribution in [1.82, 2.24) is 24.8 Å². The number of anilines is 1. The van der Waals surface area contributed by atoms with Gasteiger partial charge in [-0.1, -0.05) is 18.2 Å². The normalized spacial score (nSPS) is 14.5. The van der Waals surface area contributed by atoms with E-state index in [9.17, 15) is 0 Å². The average molecular weight is 521 g/mol. The number of fused-ring (bicyclic) bond motifs is 1. The third-order valence-corrected chi connectivity index (χ3v) is 5.09. The number of hydrogen-bond acceptors (Lipinski definition) is 5. The molecule has 0 atom stereocenters. The minimum atomic E-state index is 0. The number of piperazine rings is 1. The summed E-state index contributed by atoms with van der Waals surface area (Å²) in [6, 6.07) is 14.1. The topological polar surface area (TPSA) is 70.3 Å². The monoisotopic (exact) mass is 521 g/mol. The molecule has 3 heterocycles. The smallest absolute Gasteiger partial charge is 0.194 e. The Balaban J connectivity index is 0.00000256. The standard InChI is InChI=1S/C21H27N7O.HI/c1-3-22-21(23-16-20-25-24-19-10-6-7-11-28(19)20)27-14-12-26(13-15-27)17-8-4-5-9-18(17)29-2;/h4-11H,3,12-16H2,1-2H3,(H,22,23);1H. The summed E-state index contributed by atoms with van der Waals surface area (Å²) in [5.74, 6) is 2.67. The van der Waals surface area contributed by atoms with E-state index in [2.05, 4.69) is 44.4 Å². The number of para-hydroxylation sites is 2. The lowest BCUT2D eigenvalue weighted by Crippen LogP contribution is -2.52. The summed E-state index contributed by atoms with van der Waals surface area (Å²) in [5.41, 5.74) is 1.99. The van der Waals surface area contributed by atoms with E-state index < -0.39 is 0 Å². The van der Waals surface area contributed by atoms with E-state index in [1.165, 1.54) is 0 Å². The second kappa shape index (κ2) is 10.5. The number of nitrogens with zero attached hydrogens (tertiary/aromatic N) is 6. The number of aliphatic imine (C=N–C) groups is 1. The van der Waals surface area contributed by atoms with Crippen LogP contribution in [0.1, 0.15) is 12.7 Å². The Bertz CT molecular complexity index is 982. The summed E-state index contributed by atoms with van der Waals surface area (Å²) in [6.07, 6.45) is 1.97. The van der Waals surface area contributed by atoms with Crippen LogP contribution in [0, 0.1) is 0 Å². The zero-order chi connectivity index (χ0) is 20.1. The van der Waals surface area contributed by atoms with Gasteiger partial charge in [-0.25, -0.2) is 4.99 Å². The maximum atomic E-state index is 5.52. The summed E-state index contributed by atoms with van der Waals surface area (Å²) in [4.78, 5) is 9.50. The van der Waals surface area contributed by atoms with Crippen LogP contribution in [-0.4, -0.2) is 65.3 Å². The largest absolute Gasteiger partial charge is 0.495 e. The van der Waals surface area contributed by atoms with Crippen molar-refractivity contribution in [2.24, 2.45) is 4.99 Å². The van der Waals surface area contributed by atoms with Crippen LogP contribution in [0.2, 0.25) is 0 Å². The van der Waals surface area contributed by atoms with E-state index >= 15 is 0 Å². The molecule has 0 unspecified atom stereocenters. The number of pyridine rings is 1. The van der Waals surface area contributed by atoms with E-state index in [-0.39, 0.29) is 24.0 Å². The Kier molecular flexibility index (Phi) is 7.72. The summed E-state index contributed by atoms with van der Waals surface area (Å²) >= 11 is 0. The number of aromatic nitrogens is 3. The van der Waals surface area contributed by atoms with E-state index in [1.807, 2.05) is 40.9 Å². The summed E-state index contributed by atoms with van der Waals surface area (Å²) in [7, 11) is 1.72. The fraction of sp³-hybridized carbons (Fsp3) is 0.381. The van der Waals surface area contributed by atoms with Gasteiger partial charge < -0.3 is 19.9 Å². The molecule has 0 bridgehead atoms. The van der Waals surface area contributed by atoms with Gasteiger partial charge in [-0.3, -0.25) is 4.40 Å². The molecule has 160 valence electrons. The Morgan fingerprint density at radius 2 is 1.83 bits per heavy atom. The molecular weight excluding hydrogens is 493 g/mol. The molecule has 0 aliphatic carbocycles. The first-order valence-electron chi connectivity index (χ1n) is 10.00. The summed E-state index contributed by atoms with van der Waals surface area (Å²) < 4.78 is 7.50. The number of guanidine groups is 1. The summed E-state index contributed by atoms with van der Waals surface area (Å²) in [6.45, 7) is 7.02. The van der Waals surface area contributed by atoms with Crippen LogP contribution in [0.15, 0.2) is 53.7 Å². The molecule has 8 nitrogen and oxygen atoms in total. The highest BCUT2D eigenvalue weighted by molar-refractivity contribution is 14.0. The SMILES string of the molecule is CCNC(=NCc1nnc2ccccn12)N1CCN(c2ccccc2OC)CC1.I. The molecule has 1 N–H and O–H groups in total. The van der Waals surface area contributed by atoms with Crippen molar-refractivity contribution < 1.29 is 4.74 Å². The Morgan fingerprint density at radius 1 is 1.07 bits per heavy atom.